The minimum atomic E-state index is 0.490. The van der Waals surface area contributed by atoms with Crippen LogP contribution in [0.4, 0.5) is 0 Å². The monoisotopic (exact) mass is 211 g/mol. The summed E-state index contributed by atoms with van der Waals surface area (Å²) in [6, 6.07) is 0. The van der Waals surface area contributed by atoms with Gasteiger partial charge < -0.3 is 15.2 Å². The highest BCUT2D eigenvalue weighted by molar-refractivity contribution is 5.79. The maximum atomic E-state index is 4.96. The van der Waals surface area contributed by atoms with Crippen molar-refractivity contribution in [3.63, 3.8) is 0 Å². The molecule has 6 heteroatoms. The molecular formula is C9H17N5O. The average molecular weight is 211 g/mol. The Hall–Kier alpha value is -1.59. The van der Waals surface area contributed by atoms with E-state index in [0.29, 0.717) is 18.3 Å². The summed E-state index contributed by atoms with van der Waals surface area (Å²) >= 11 is 0. The molecule has 0 saturated heterocycles. The van der Waals surface area contributed by atoms with E-state index in [1.54, 1.807) is 14.0 Å². The van der Waals surface area contributed by atoms with Crippen molar-refractivity contribution in [2.75, 3.05) is 13.6 Å². The highest BCUT2D eigenvalue weighted by atomic mass is 16.5. The molecule has 0 spiro atoms. The second-order valence-electron chi connectivity index (χ2n) is 3.09. The van der Waals surface area contributed by atoms with Crippen molar-refractivity contribution >= 4 is 5.96 Å². The van der Waals surface area contributed by atoms with Crippen LogP contribution in [-0.4, -0.2) is 29.7 Å². The molecule has 1 aromatic rings. The fourth-order valence-electron chi connectivity index (χ4n) is 1.04. The molecule has 0 aliphatic heterocycles. The van der Waals surface area contributed by atoms with E-state index in [9.17, 15) is 0 Å². The highest BCUT2D eigenvalue weighted by Gasteiger charge is 2.03. The maximum Gasteiger partial charge on any atom is 0.246 e. The molecule has 0 amide bonds. The molecule has 1 aromatic heterocycles. The molecule has 0 radical (unpaired) electrons. The lowest BCUT2D eigenvalue weighted by Crippen LogP contribution is -2.37. The van der Waals surface area contributed by atoms with Crippen molar-refractivity contribution in [2.45, 2.75) is 26.8 Å². The Morgan fingerprint density at radius 1 is 1.47 bits per heavy atom. The Balaban J connectivity index is 2.34. The molecular weight excluding hydrogens is 194 g/mol. The predicted octanol–water partition coefficient (Wildman–Crippen LogP) is 0.453. The van der Waals surface area contributed by atoms with Crippen molar-refractivity contribution in [1.82, 2.24) is 20.8 Å². The smallest absolute Gasteiger partial charge is 0.246 e. The van der Waals surface area contributed by atoms with Crippen molar-refractivity contribution in [2.24, 2.45) is 4.99 Å². The van der Waals surface area contributed by atoms with Gasteiger partial charge in [-0.2, -0.15) is 4.98 Å². The summed E-state index contributed by atoms with van der Waals surface area (Å²) in [5.41, 5.74) is 0. The molecule has 1 rings (SSSR count). The van der Waals surface area contributed by atoms with Crippen LogP contribution in [0.3, 0.4) is 0 Å². The van der Waals surface area contributed by atoms with E-state index in [-0.39, 0.29) is 0 Å². The number of aryl methyl sites for hydroxylation is 1. The molecule has 15 heavy (non-hydrogen) atoms. The Labute approximate surface area is 89.2 Å². The zero-order valence-corrected chi connectivity index (χ0v) is 9.37. The Morgan fingerprint density at radius 3 is 2.80 bits per heavy atom. The summed E-state index contributed by atoms with van der Waals surface area (Å²) in [6.45, 7) is 5.27. The fourth-order valence-corrected chi connectivity index (χ4v) is 1.04. The number of nitrogens with one attached hydrogen (secondary N) is 2. The Morgan fingerprint density at radius 2 is 2.27 bits per heavy atom. The summed E-state index contributed by atoms with van der Waals surface area (Å²) < 4.78 is 4.96. The van der Waals surface area contributed by atoms with Gasteiger partial charge in [-0.15, -0.1) is 0 Å². The third-order valence-corrected chi connectivity index (χ3v) is 1.74. The number of guanidine groups is 1. The second kappa shape index (κ2) is 6.00. The Kier molecular flexibility index (Phi) is 4.59. The van der Waals surface area contributed by atoms with Crippen molar-refractivity contribution < 1.29 is 4.52 Å². The normalized spacial score (nSPS) is 11.5. The van der Waals surface area contributed by atoms with Crippen LogP contribution in [-0.2, 0) is 6.54 Å². The average Bonchev–Trinajstić information content (AvgIpc) is 2.65. The van der Waals surface area contributed by atoms with Gasteiger partial charge in [0.2, 0.25) is 5.89 Å². The van der Waals surface area contributed by atoms with Gasteiger partial charge in [-0.1, -0.05) is 12.1 Å². The summed E-state index contributed by atoms with van der Waals surface area (Å²) in [5.74, 6) is 1.95. The Bertz CT molecular complexity index is 320. The van der Waals surface area contributed by atoms with Gasteiger partial charge in [0.15, 0.2) is 11.8 Å². The van der Waals surface area contributed by atoms with E-state index in [2.05, 4.69) is 32.7 Å². The SMILES string of the molecule is CCCNC(=NC)NCc1nc(C)no1. The van der Waals surface area contributed by atoms with E-state index in [1.165, 1.54) is 0 Å². The van der Waals surface area contributed by atoms with Crippen molar-refractivity contribution in [1.29, 1.82) is 0 Å². The molecule has 1 heterocycles. The zero-order valence-electron chi connectivity index (χ0n) is 9.37. The predicted molar refractivity (Wildman–Crippen MR) is 57.5 cm³/mol. The number of aromatic nitrogens is 2. The van der Waals surface area contributed by atoms with Crippen LogP contribution in [0, 0.1) is 6.92 Å². The largest absolute Gasteiger partial charge is 0.356 e. The minimum Gasteiger partial charge on any atom is -0.356 e. The highest BCUT2D eigenvalue weighted by Crippen LogP contribution is 1.94. The molecule has 84 valence electrons. The molecule has 0 fully saturated rings. The van der Waals surface area contributed by atoms with Gasteiger partial charge in [0.1, 0.15) is 0 Å². The molecule has 6 nitrogen and oxygen atoms in total. The lowest BCUT2D eigenvalue weighted by Gasteiger charge is -2.08. The van der Waals surface area contributed by atoms with Crippen LogP contribution in [0.5, 0.6) is 0 Å². The van der Waals surface area contributed by atoms with E-state index in [4.69, 9.17) is 4.52 Å². The van der Waals surface area contributed by atoms with E-state index in [1.807, 2.05) is 0 Å². The lowest BCUT2D eigenvalue weighted by molar-refractivity contribution is 0.371. The fraction of sp³-hybridized carbons (Fsp3) is 0.667. The van der Waals surface area contributed by atoms with Crippen LogP contribution >= 0.6 is 0 Å². The molecule has 2 N–H and O–H groups in total. The van der Waals surface area contributed by atoms with Gasteiger partial charge in [-0.05, 0) is 13.3 Å². The molecule has 0 bridgehead atoms. The van der Waals surface area contributed by atoms with Gasteiger partial charge in [-0.3, -0.25) is 4.99 Å². The zero-order chi connectivity index (χ0) is 11.1. The van der Waals surface area contributed by atoms with Crippen LogP contribution in [0.15, 0.2) is 9.52 Å². The van der Waals surface area contributed by atoms with Gasteiger partial charge in [0, 0.05) is 13.6 Å². The summed E-state index contributed by atoms with van der Waals surface area (Å²) in [7, 11) is 1.73. The molecule has 0 aliphatic carbocycles. The van der Waals surface area contributed by atoms with E-state index >= 15 is 0 Å². The van der Waals surface area contributed by atoms with E-state index in [0.717, 1.165) is 18.9 Å². The molecule has 0 unspecified atom stereocenters. The van der Waals surface area contributed by atoms with Crippen LogP contribution in [0.1, 0.15) is 25.1 Å². The first-order valence-corrected chi connectivity index (χ1v) is 5.00. The topological polar surface area (TPSA) is 75.3 Å². The third-order valence-electron chi connectivity index (χ3n) is 1.74. The van der Waals surface area contributed by atoms with Gasteiger partial charge in [0.05, 0.1) is 6.54 Å². The summed E-state index contributed by atoms with van der Waals surface area (Å²) in [4.78, 5) is 8.13. The number of rotatable bonds is 4. The van der Waals surface area contributed by atoms with Crippen molar-refractivity contribution in [3.8, 4) is 0 Å². The van der Waals surface area contributed by atoms with Crippen LogP contribution in [0.25, 0.3) is 0 Å². The quantitative estimate of drug-likeness (QED) is 0.558. The standard InChI is InChI=1S/C9H17N5O/c1-4-5-11-9(10-3)12-6-8-13-7(2)14-15-8/h4-6H2,1-3H3,(H2,10,11,12). The number of hydrogen-bond acceptors (Lipinski definition) is 4. The molecule has 0 aromatic carbocycles. The first-order valence-electron chi connectivity index (χ1n) is 5.00. The van der Waals surface area contributed by atoms with Gasteiger partial charge in [0.25, 0.3) is 0 Å². The molecule has 0 atom stereocenters. The first kappa shape index (κ1) is 11.5. The summed E-state index contributed by atoms with van der Waals surface area (Å²) in [6.07, 6.45) is 1.06. The number of hydrogen-bond donors (Lipinski definition) is 2. The minimum absolute atomic E-state index is 0.490. The molecule has 0 saturated carbocycles. The first-order chi connectivity index (χ1) is 7.26. The number of aliphatic imine (C=N–C) groups is 1. The summed E-state index contributed by atoms with van der Waals surface area (Å²) in [5, 5.41) is 9.92. The van der Waals surface area contributed by atoms with Gasteiger partial charge >= 0.3 is 0 Å². The van der Waals surface area contributed by atoms with Crippen molar-refractivity contribution in [3.05, 3.63) is 11.7 Å². The number of nitrogens with zero attached hydrogens (tertiary/aromatic N) is 3. The maximum absolute atomic E-state index is 4.96. The third kappa shape index (κ3) is 3.97. The molecule has 0 aliphatic rings. The van der Waals surface area contributed by atoms with Crippen LogP contribution < -0.4 is 10.6 Å². The van der Waals surface area contributed by atoms with E-state index < -0.39 is 0 Å². The van der Waals surface area contributed by atoms with Gasteiger partial charge in [-0.25, -0.2) is 0 Å². The second-order valence-corrected chi connectivity index (χ2v) is 3.09. The van der Waals surface area contributed by atoms with Crippen LogP contribution in [0.2, 0.25) is 0 Å². The lowest BCUT2D eigenvalue weighted by atomic mass is 10.5.